The van der Waals surface area contributed by atoms with Crippen molar-refractivity contribution in [3.05, 3.63) is 35.7 Å². The van der Waals surface area contributed by atoms with Crippen LogP contribution >= 0.6 is 0 Å². The summed E-state index contributed by atoms with van der Waals surface area (Å²) >= 11 is 0. The molecule has 0 aliphatic heterocycles. The number of nitrogens with zero attached hydrogens (tertiary/aromatic N) is 2. The molecule has 1 aliphatic carbocycles. The van der Waals surface area contributed by atoms with Crippen LogP contribution < -0.4 is 11.5 Å². The zero-order valence-corrected chi connectivity index (χ0v) is 11.0. The molecule has 6 nitrogen and oxygen atoms in total. The summed E-state index contributed by atoms with van der Waals surface area (Å²) in [7, 11) is 0. The molecule has 4 N–H and O–H groups in total. The topological polar surface area (TPSA) is 108 Å². The van der Waals surface area contributed by atoms with Gasteiger partial charge in [0, 0.05) is 11.1 Å². The Labute approximate surface area is 116 Å². The monoisotopic (exact) mass is 272 g/mol. The van der Waals surface area contributed by atoms with Crippen molar-refractivity contribution in [1.29, 1.82) is 0 Å². The number of primary amides is 1. The molecule has 1 fully saturated rings. The predicted octanol–water partition coefficient (Wildman–Crippen LogP) is 1.56. The SMILES string of the molecule is NC(=O)c1cccc(-c2nc(C3(N)CCCC3)no2)c1. The summed E-state index contributed by atoms with van der Waals surface area (Å²) in [6.45, 7) is 0. The van der Waals surface area contributed by atoms with Gasteiger partial charge in [-0.2, -0.15) is 4.98 Å². The Bertz CT molecular complexity index is 644. The first kappa shape index (κ1) is 12.8. The first-order valence-electron chi connectivity index (χ1n) is 6.62. The summed E-state index contributed by atoms with van der Waals surface area (Å²) < 4.78 is 5.27. The van der Waals surface area contributed by atoms with Crippen molar-refractivity contribution >= 4 is 5.91 Å². The Balaban J connectivity index is 1.94. The molecule has 1 amide bonds. The fourth-order valence-corrected chi connectivity index (χ4v) is 2.58. The highest BCUT2D eigenvalue weighted by molar-refractivity contribution is 5.93. The molecule has 1 aromatic carbocycles. The van der Waals surface area contributed by atoms with E-state index in [1.807, 2.05) is 0 Å². The van der Waals surface area contributed by atoms with Gasteiger partial charge in [0.05, 0.1) is 5.54 Å². The normalized spacial score (nSPS) is 17.2. The summed E-state index contributed by atoms with van der Waals surface area (Å²) in [5.74, 6) is 0.409. The third-order valence-electron chi connectivity index (χ3n) is 3.76. The molecular formula is C14H16N4O2. The third kappa shape index (κ3) is 2.18. The molecule has 2 aromatic rings. The van der Waals surface area contributed by atoms with E-state index in [4.69, 9.17) is 16.0 Å². The molecule has 3 rings (SSSR count). The van der Waals surface area contributed by atoms with Gasteiger partial charge in [0.1, 0.15) is 0 Å². The summed E-state index contributed by atoms with van der Waals surface area (Å²) in [6, 6.07) is 6.80. The minimum Gasteiger partial charge on any atom is -0.366 e. The number of aromatic nitrogens is 2. The average Bonchev–Trinajstić information content (AvgIpc) is 3.08. The van der Waals surface area contributed by atoms with Crippen LogP contribution in [0, 0.1) is 0 Å². The lowest BCUT2D eigenvalue weighted by atomic mass is 9.98. The minimum atomic E-state index is -0.488. The number of rotatable bonds is 3. The Morgan fingerprint density at radius 3 is 2.75 bits per heavy atom. The van der Waals surface area contributed by atoms with Gasteiger partial charge in [-0.15, -0.1) is 0 Å². The Morgan fingerprint density at radius 1 is 1.30 bits per heavy atom. The van der Waals surface area contributed by atoms with Crippen molar-refractivity contribution in [3.63, 3.8) is 0 Å². The Hall–Kier alpha value is -2.21. The van der Waals surface area contributed by atoms with Crippen LogP contribution in [-0.4, -0.2) is 16.0 Å². The van der Waals surface area contributed by atoms with Crippen LogP contribution in [0.5, 0.6) is 0 Å². The molecule has 104 valence electrons. The van der Waals surface area contributed by atoms with Gasteiger partial charge < -0.3 is 16.0 Å². The van der Waals surface area contributed by atoms with Crippen molar-refractivity contribution in [3.8, 4) is 11.5 Å². The minimum absolute atomic E-state index is 0.361. The molecular weight excluding hydrogens is 256 g/mol. The molecule has 0 unspecified atom stereocenters. The zero-order chi connectivity index (χ0) is 14.2. The standard InChI is InChI=1S/C14H16N4O2/c15-11(19)9-4-3-5-10(8-9)12-17-13(18-20-12)14(16)6-1-2-7-14/h3-5,8H,1-2,6-7,16H2,(H2,15,19). The molecule has 1 aliphatic rings. The van der Waals surface area contributed by atoms with Crippen molar-refractivity contribution in [2.45, 2.75) is 31.2 Å². The van der Waals surface area contributed by atoms with E-state index >= 15 is 0 Å². The van der Waals surface area contributed by atoms with Crippen LogP contribution in [0.1, 0.15) is 41.9 Å². The molecule has 0 atom stereocenters. The lowest BCUT2D eigenvalue weighted by Crippen LogP contribution is -2.34. The fourth-order valence-electron chi connectivity index (χ4n) is 2.58. The second kappa shape index (κ2) is 4.72. The maximum Gasteiger partial charge on any atom is 0.258 e. The number of carbonyl (C=O) groups is 1. The Morgan fingerprint density at radius 2 is 2.05 bits per heavy atom. The Kier molecular flexibility index (Phi) is 3.02. The first-order chi connectivity index (χ1) is 9.58. The van der Waals surface area contributed by atoms with Gasteiger partial charge in [-0.25, -0.2) is 0 Å². The highest BCUT2D eigenvalue weighted by atomic mass is 16.5. The van der Waals surface area contributed by atoms with Crippen molar-refractivity contribution in [2.75, 3.05) is 0 Å². The summed E-state index contributed by atoms with van der Waals surface area (Å²) in [4.78, 5) is 15.6. The second-order valence-electron chi connectivity index (χ2n) is 5.23. The van der Waals surface area contributed by atoms with E-state index in [0.29, 0.717) is 22.8 Å². The second-order valence-corrected chi connectivity index (χ2v) is 5.23. The number of hydrogen-bond acceptors (Lipinski definition) is 5. The smallest absolute Gasteiger partial charge is 0.258 e. The van der Waals surface area contributed by atoms with Crippen molar-refractivity contribution < 1.29 is 9.32 Å². The van der Waals surface area contributed by atoms with Crippen LogP contribution in [0.4, 0.5) is 0 Å². The molecule has 6 heteroatoms. The molecule has 1 heterocycles. The van der Waals surface area contributed by atoms with Crippen molar-refractivity contribution in [2.24, 2.45) is 11.5 Å². The predicted molar refractivity (Wildman–Crippen MR) is 72.6 cm³/mol. The van der Waals surface area contributed by atoms with Gasteiger partial charge in [-0.1, -0.05) is 24.1 Å². The van der Waals surface area contributed by atoms with Gasteiger partial charge >= 0.3 is 0 Å². The van der Waals surface area contributed by atoms with E-state index in [1.165, 1.54) is 0 Å². The number of amides is 1. The highest BCUT2D eigenvalue weighted by Gasteiger charge is 2.36. The molecule has 1 saturated carbocycles. The van der Waals surface area contributed by atoms with Gasteiger partial charge in [0.2, 0.25) is 5.91 Å². The molecule has 0 spiro atoms. The molecule has 1 aromatic heterocycles. The molecule has 20 heavy (non-hydrogen) atoms. The summed E-state index contributed by atoms with van der Waals surface area (Å²) in [5, 5.41) is 3.99. The molecule has 0 saturated heterocycles. The van der Waals surface area contributed by atoms with Crippen LogP contribution in [0.2, 0.25) is 0 Å². The van der Waals surface area contributed by atoms with E-state index in [1.54, 1.807) is 24.3 Å². The average molecular weight is 272 g/mol. The lowest BCUT2D eigenvalue weighted by molar-refractivity contribution is 0.100. The lowest BCUT2D eigenvalue weighted by Gasteiger charge is -2.17. The van der Waals surface area contributed by atoms with E-state index in [9.17, 15) is 4.79 Å². The van der Waals surface area contributed by atoms with Gasteiger partial charge in [0.15, 0.2) is 5.82 Å². The first-order valence-corrected chi connectivity index (χ1v) is 6.62. The fraction of sp³-hybridized carbons (Fsp3) is 0.357. The number of benzene rings is 1. The third-order valence-corrected chi connectivity index (χ3v) is 3.76. The van der Waals surface area contributed by atoms with Crippen LogP contribution in [0.3, 0.4) is 0 Å². The summed E-state index contributed by atoms with van der Waals surface area (Å²) in [6.07, 6.45) is 3.90. The maximum atomic E-state index is 11.2. The molecule has 0 bridgehead atoms. The van der Waals surface area contributed by atoms with Crippen LogP contribution in [0.25, 0.3) is 11.5 Å². The van der Waals surface area contributed by atoms with Crippen LogP contribution in [-0.2, 0) is 5.54 Å². The van der Waals surface area contributed by atoms with E-state index < -0.39 is 11.4 Å². The number of hydrogen-bond donors (Lipinski definition) is 2. The number of carbonyl (C=O) groups excluding carboxylic acids is 1. The van der Waals surface area contributed by atoms with E-state index in [-0.39, 0.29) is 0 Å². The largest absolute Gasteiger partial charge is 0.366 e. The van der Waals surface area contributed by atoms with Gasteiger partial charge in [-0.3, -0.25) is 4.79 Å². The van der Waals surface area contributed by atoms with Gasteiger partial charge in [0.25, 0.3) is 5.89 Å². The van der Waals surface area contributed by atoms with Gasteiger partial charge in [-0.05, 0) is 31.0 Å². The quantitative estimate of drug-likeness (QED) is 0.881. The zero-order valence-electron chi connectivity index (χ0n) is 11.0. The maximum absolute atomic E-state index is 11.2. The molecule has 0 radical (unpaired) electrons. The van der Waals surface area contributed by atoms with Crippen molar-refractivity contribution in [1.82, 2.24) is 10.1 Å². The summed E-state index contributed by atoms with van der Waals surface area (Å²) in [5.41, 5.74) is 12.1. The van der Waals surface area contributed by atoms with E-state index in [2.05, 4.69) is 10.1 Å². The number of nitrogens with two attached hydrogens (primary N) is 2. The van der Waals surface area contributed by atoms with E-state index in [0.717, 1.165) is 25.7 Å². The van der Waals surface area contributed by atoms with Crippen LogP contribution in [0.15, 0.2) is 28.8 Å². The highest BCUT2D eigenvalue weighted by Crippen LogP contribution is 2.35.